The third kappa shape index (κ3) is 4.80. The molecule has 0 saturated carbocycles. The lowest BCUT2D eigenvalue weighted by atomic mass is 9.78. The molecule has 0 bridgehead atoms. The van der Waals surface area contributed by atoms with Crippen molar-refractivity contribution in [3.63, 3.8) is 0 Å². The Hall–Kier alpha value is -3.31. The summed E-state index contributed by atoms with van der Waals surface area (Å²) in [7, 11) is 0. The largest absolute Gasteiger partial charge is 0.307 e. The number of nitrogens with one attached hydrogen (secondary N) is 1. The van der Waals surface area contributed by atoms with Crippen molar-refractivity contribution in [3.05, 3.63) is 83.3 Å². The van der Waals surface area contributed by atoms with Crippen molar-refractivity contribution >= 4 is 17.3 Å². The first-order chi connectivity index (χ1) is 16.6. The van der Waals surface area contributed by atoms with Crippen molar-refractivity contribution in [1.29, 1.82) is 0 Å². The number of allylic oxidation sites excluding steroid dienone is 1. The summed E-state index contributed by atoms with van der Waals surface area (Å²) in [6, 6.07) is 14.3. The Kier molecular flexibility index (Phi) is 6.54. The van der Waals surface area contributed by atoms with Gasteiger partial charge in [0.05, 0.1) is 0 Å². The number of anilines is 1. The fraction of sp³-hybridized carbons (Fsp3) is 0.345. The molecule has 1 N–H and O–H groups in total. The highest BCUT2D eigenvalue weighted by atomic mass is 16.1. The van der Waals surface area contributed by atoms with Crippen molar-refractivity contribution in [1.82, 2.24) is 14.9 Å². The van der Waals surface area contributed by atoms with Gasteiger partial charge in [0.2, 0.25) is 0 Å². The Balaban J connectivity index is 1.46. The molecule has 2 aliphatic rings. The standard InChI is InChI=1S/C29H32N4O/c1-20-14-21(2)28(29(34)32-27-8-4-5-11-31-27)26-16-23(9-10-25(20)26)24-15-22(17-30-18-24)19-33-12-6-3-7-13-33/h4-5,8-11,15-18,20H,3,6-7,12-14,19H2,1-2H3,(H,31,32,34)/t20-/m1/s1. The van der Waals surface area contributed by atoms with Crippen LogP contribution in [0.15, 0.2) is 66.6 Å². The third-order valence-corrected chi connectivity index (χ3v) is 7.01. The molecule has 5 nitrogen and oxygen atoms in total. The average molecular weight is 453 g/mol. The molecule has 34 heavy (non-hydrogen) atoms. The van der Waals surface area contributed by atoms with Crippen LogP contribution in [0.25, 0.3) is 16.7 Å². The lowest BCUT2D eigenvalue weighted by Crippen LogP contribution is -2.29. The summed E-state index contributed by atoms with van der Waals surface area (Å²) in [6.07, 6.45) is 10.4. The highest BCUT2D eigenvalue weighted by Gasteiger charge is 2.27. The number of piperidine rings is 1. The number of pyridine rings is 2. The van der Waals surface area contributed by atoms with Crippen LogP contribution in [-0.4, -0.2) is 33.9 Å². The maximum atomic E-state index is 13.3. The highest BCUT2D eigenvalue weighted by Crippen LogP contribution is 2.40. The number of amides is 1. The minimum absolute atomic E-state index is 0.0986. The number of aromatic nitrogens is 2. The Labute approximate surface area is 201 Å². The van der Waals surface area contributed by atoms with Crippen LogP contribution in [0.4, 0.5) is 5.82 Å². The molecule has 5 rings (SSSR count). The zero-order valence-electron chi connectivity index (χ0n) is 20.1. The second-order valence-electron chi connectivity index (χ2n) is 9.65. The predicted octanol–water partition coefficient (Wildman–Crippen LogP) is 6.05. The molecule has 5 heteroatoms. The van der Waals surface area contributed by atoms with Crippen LogP contribution in [0.3, 0.4) is 0 Å². The van der Waals surface area contributed by atoms with Crippen molar-refractivity contribution in [3.8, 4) is 11.1 Å². The molecule has 174 valence electrons. The maximum absolute atomic E-state index is 13.3. The molecule has 1 saturated heterocycles. The Morgan fingerprint density at radius 2 is 1.91 bits per heavy atom. The zero-order chi connectivity index (χ0) is 23.5. The topological polar surface area (TPSA) is 58.1 Å². The molecule has 1 amide bonds. The van der Waals surface area contributed by atoms with Crippen molar-refractivity contribution in [2.24, 2.45) is 0 Å². The number of hydrogen-bond acceptors (Lipinski definition) is 4. The first kappa shape index (κ1) is 22.5. The number of benzene rings is 1. The summed E-state index contributed by atoms with van der Waals surface area (Å²) < 4.78 is 0. The zero-order valence-corrected chi connectivity index (χ0v) is 20.1. The lowest BCUT2D eigenvalue weighted by molar-refractivity contribution is -0.111. The quantitative estimate of drug-likeness (QED) is 0.512. The van der Waals surface area contributed by atoms with E-state index in [1.54, 1.807) is 6.20 Å². The molecule has 1 aliphatic heterocycles. The van der Waals surface area contributed by atoms with Crippen LogP contribution < -0.4 is 5.32 Å². The van der Waals surface area contributed by atoms with Gasteiger partial charge in [-0.2, -0.15) is 0 Å². The second kappa shape index (κ2) is 9.90. The van der Waals surface area contributed by atoms with Crippen LogP contribution >= 0.6 is 0 Å². The van der Waals surface area contributed by atoms with Crippen molar-refractivity contribution in [2.45, 2.75) is 52.0 Å². The number of likely N-dealkylation sites (tertiary alicyclic amines) is 1. The monoisotopic (exact) mass is 452 g/mol. The van der Waals surface area contributed by atoms with E-state index >= 15 is 0 Å². The van der Waals surface area contributed by atoms with E-state index in [-0.39, 0.29) is 5.91 Å². The smallest absolute Gasteiger partial charge is 0.257 e. The first-order valence-electron chi connectivity index (χ1n) is 12.3. The highest BCUT2D eigenvalue weighted by molar-refractivity contribution is 6.26. The summed E-state index contributed by atoms with van der Waals surface area (Å²) in [5.74, 6) is 0.844. The average Bonchev–Trinajstić information content (AvgIpc) is 2.85. The number of nitrogens with zero attached hydrogens (tertiary/aromatic N) is 3. The molecule has 0 unspecified atom stereocenters. The number of fused-ring (bicyclic) bond motifs is 1. The summed E-state index contributed by atoms with van der Waals surface area (Å²) in [5.41, 5.74) is 7.54. The van der Waals surface area contributed by atoms with Crippen molar-refractivity contribution < 1.29 is 4.79 Å². The van der Waals surface area contributed by atoms with Crippen LogP contribution in [0, 0.1) is 0 Å². The van der Waals surface area contributed by atoms with E-state index in [4.69, 9.17) is 0 Å². The van der Waals surface area contributed by atoms with Gasteiger partial charge in [-0.15, -0.1) is 0 Å². The van der Waals surface area contributed by atoms with Gasteiger partial charge in [0.15, 0.2) is 0 Å². The van der Waals surface area contributed by atoms with Gasteiger partial charge in [0, 0.05) is 36.3 Å². The summed E-state index contributed by atoms with van der Waals surface area (Å²) >= 11 is 0. The van der Waals surface area contributed by atoms with Gasteiger partial charge in [0.1, 0.15) is 5.82 Å². The van der Waals surface area contributed by atoms with E-state index < -0.39 is 0 Å². The molecule has 3 aromatic rings. The van der Waals surface area contributed by atoms with E-state index in [1.165, 1.54) is 43.5 Å². The van der Waals surface area contributed by atoms with E-state index in [1.807, 2.05) is 30.6 Å². The van der Waals surface area contributed by atoms with Gasteiger partial charge >= 0.3 is 0 Å². The molecule has 0 radical (unpaired) electrons. The summed E-state index contributed by atoms with van der Waals surface area (Å²) in [6.45, 7) is 7.58. The lowest BCUT2D eigenvalue weighted by Gasteiger charge is -2.27. The molecular formula is C29H32N4O. The van der Waals surface area contributed by atoms with E-state index in [2.05, 4.69) is 58.3 Å². The van der Waals surface area contributed by atoms with Gasteiger partial charge < -0.3 is 5.32 Å². The summed E-state index contributed by atoms with van der Waals surface area (Å²) in [4.78, 5) is 24.7. The molecule has 3 heterocycles. The maximum Gasteiger partial charge on any atom is 0.257 e. The Morgan fingerprint density at radius 1 is 1.06 bits per heavy atom. The van der Waals surface area contributed by atoms with Gasteiger partial charge in [-0.05, 0) is 91.7 Å². The fourth-order valence-electron chi connectivity index (χ4n) is 5.32. The molecule has 1 aromatic carbocycles. The van der Waals surface area contributed by atoms with Gasteiger partial charge in [-0.1, -0.05) is 37.1 Å². The Morgan fingerprint density at radius 3 is 2.71 bits per heavy atom. The van der Waals surface area contributed by atoms with Crippen LogP contribution in [-0.2, 0) is 11.3 Å². The van der Waals surface area contributed by atoms with Crippen LogP contribution in [0.5, 0.6) is 0 Å². The minimum atomic E-state index is -0.0986. The molecule has 0 spiro atoms. The van der Waals surface area contributed by atoms with Gasteiger partial charge in [0.25, 0.3) is 5.91 Å². The third-order valence-electron chi connectivity index (χ3n) is 7.01. The van der Waals surface area contributed by atoms with E-state index in [0.29, 0.717) is 11.7 Å². The molecular weight excluding hydrogens is 420 g/mol. The molecule has 2 aromatic heterocycles. The first-order valence-corrected chi connectivity index (χ1v) is 12.3. The predicted molar refractivity (Wildman–Crippen MR) is 137 cm³/mol. The molecule has 1 atom stereocenters. The number of carbonyl (C=O) groups excluding carboxylic acids is 1. The van der Waals surface area contributed by atoms with Crippen LogP contribution in [0.1, 0.15) is 62.1 Å². The van der Waals surface area contributed by atoms with E-state index in [9.17, 15) is 4.79 Å². The SMILES string of the molecule is CC1=C(C(=O)Nc2ccccn2)c2cc(-c3cncc(CN4CCCCC4)c3)ccc2[C@H](C)C1. The van der Waals surface area contributed by atoms with Crippen molar-refractivity contribution in [2.75, 3.05) is 18.4 Å². The van der Waals surface area contributed by atoms with Gasteiger partial charge in [-0.25, -0.2) is 4.98 Å². The fourth-order valence-corrected chi connectivity index (χ4v) is 5.32. The normalized spacial score (nSPS) is 18.5. The Bertz CT molecular complexity index is 1210. The second-order valence-corrected chi connectivity index (χ2v) is 9.65. The minimum Gasteiger partial charge on any atom is -0.307 e. The van der Waals surface area contributed by atoms with E-state index in [0.717, 1.165) is 40.8 Å². The summed E-state index contributed by atoms with van der Waals surface area (Å²) in [5, 5.41) is 2.99. The molecule has 1 aliphatic carbocycles. The number of carbonyl (C=O) groups is 1. The number of hydrogen-bond donors (Lipinski definition) is 1. The van der Waals surface area contributed by atoms with Gasteiger partial charge in [-0.3, -0.25) is 14.7 Å². The number of rotatable bonds is 5. The molecule has 1 fully saturated rings. The van der Waals surface area contributed by atoms with Crippen LogP contribution in [0.2, 0.25) is 0 Å².